The molecule has 0 bridgehead atoms. The van der Waals surface area contributed by atoms with Crippen LogP contribution in [0, 0.1) is 0 Å². The first-order valence-corrected chi connectivity index (χ1v) is 9.77. The molecule has 2 aromatic heterocycles. The number of nitrogens with zero attached hydrogens (tertiary/aromatic N) is 2. The molecule has 3 N–H and O–H groups in total. The van der Waals surface area contributed by atoms with Crippen molar-refractivity contribution in [2.45, 2.75) is 32.7 Å². The lowest BCUT2D eigenvalue weighted by molar-refractivity contribution is -0.116. The van der Waals surface area contributed by atoms with Crippen molar-refractivity contribution < 1.29 is 14.1 Å². The largest absolute Gasteiger partial charge is 0.339 e. The maximum absolute atomic E-state index is 12.3. The fraction of sp³-hybridized carbons (Fsp3) is 0.263. The summed E-state index contributed by atoms with van der Waals surface area (Å²) in [6.07, 6.45) is 0.504. The molecule has 8 nitrogen and oxygen atoms in total. The van der Waals surface area contributed by atoms with Crippen LogP contribution >= 0.6 is 11.3 Å². The van der Waals surface area contributed by atoms with Crippen LogP contribution in [-0.4, -0.2) is 28.1 Å². The van der Waals surface area contributed by atoms with Crippen LogP contribution in [0.15, 0.2) is 45.6 Å². The molecule has 0 saturated carbocycles. The maximum atomic E-state index is 12.3. The minimum Gasteiger partial charge on any atom is -0.339 e. The van der Waals surface area contributed by atoms with Gasteiger partial charge in [-0.1, -0.05) is 17.3 Å². The fourth-order valence-electron chi connectivity index (χ4n) is 2.42. The first kappa shape index (κ1) is 19.6. The summed E-state index contributed by atoms with van der Waals surface area (Å²) in [5.74, 6) is 0.704. The third-order valence-electron chi connectivity index (χ3n) is 3.68. The Bertz CT molecular complexity index is 937. The van der Waals surface area contributed by atoms with Crippen LogP contribution in [0.3, 0.4) is 0 Å². The van der Waals surface area contributed by atoms with Crippen molar-refractivity contribution in [3.8, 4) is 11.4 Å². The molecule has 3 amide bonds. The first-order valence-electron chi connectivity index (χ1n) is 8.83. The van der Waals surface area contributed by atoms with Crippen LogP contribution < -0.4 is 16.0 Å². The molecule has 0 spiro atoms. The SMILES string of the molecule is CC(C)NC(=O)Nc1ccccc1NC(=O)CCc1nc(-c2ccsc2)no1. The molecule has 0 aliphatic carbocycles. The van der Waals surface area contributed by atoms with E-state index in [-0.39, 0.29) is 24.4 Å². The molecular formula is C19H21N5O3S. The Morgan fingerprint density at radius 1 is 1.14 bits per heavy atom. The third-order valence-corrected chi connectivity index (χ3v) is 4.37. The lowest BCUT2D eigenvalue weighted by Gasteiger charge is -2.14. The summed E-state index contributed by atoms with van der Waals surface area (Å²) in [5.41, 5.74) is 1.94. The van der Waals surface area contributed by atoms with Gasteiger partial charge in [0.25, 0.3) is 0 Å². The number of amides is 3. The number of benzene rings is 1. The number of aromatic nitrogens is 2. The van der Waals surface area contributed by atoms with Gasteiger partial charge in [-0.15, -0.1) is 0 Å². The molecule has 0 aliphatic rings. The number of carbonyl (C=O) groups is 2. The van der Waals surface area contributed by atoms with E-state index in [0.29, 0.717) is 29.5 Å². The van der Waals surface area contributed by atoms with Gasteiger partial charge in [0.05, 0.1) is 11.4 Å². The van der Waals surface area contributed by atoms with Gasteiger partial charge in [-0.05, 0) is 37.4 Å². The van der Waals surface area contributed by atoms with E-state index in [0.717, 1.165) is 5.56 Å². The molecule has 146 valence electrons. The van der Waals surface area contributed by atoms with Crippen molar-refractivity contribution in [1.29, 1.82) is 0 Å². The Kier molecular flexibility index (Phi) is 6.38. The van der Waals surface area contributed by atoms with E-state index in [1.807, 2.05) is 30.7 Å². The van der Waals surface area contributed by atoms with E-state index in [9.17, 15) is 9.59 Å². The number of para-hydroxylation sites is 2. The standard InChI is InChI=1S/C19H21N5O3S/c1-12(2)20-19(26)22-15-6-4-3-5-14(15)21-16(25)7-8-17-23-18(24-27-17)13-9-10-28-11-13/h3-6,9-12H,7-8H2,1-2H3,(H,21,25)(H2,20,22,26). The molecule has 3 aromatic rings. The van der Waals surface area contributed by atoms with Gasteiger partial charge in [0, 0.05) is 29.8 Å². The van der Waals surface area contributed by atoms with E-state index in [1.165, 1.54) is 0 Å². The Hall–Kier alpha value is -3.20. The second kappa shape index (κ2) is 9.14. The molecule has 0 saturated heterocycles. The van der Waals surface area contributed by atoms with Crippen LogP contribution in [-0.2, 0) is 11.2 Å². The van der Waals surface area contributed by atoms with Crippen molar-refractivity contribution in [3.05, 3.63) is 47.0 Å². The summed E-state index contributed by atoms with van der Waals surface area (Å²) in [4.78, 5) is 28.5. The quantitative estimate of drug-likeness (QED) is 0.558. The number of urea groups is 1. The summed E-state index contributed by atoms with van der Waals surface area (Å²) < 4.78 is 5.20. The van der Waals surface area contributed by atoms with Gasteiger partial charge in [0.2, 0.25) is 17.6 Å². The molecule has 3 rings (SSSR count). The van der Waals surface area contributed by atoms with Crippen LogP contribution in [0.25, 0.3) is 11.4 Å². The number of nitrogens with one attached hydrogen (secondary N) is 3. The highest BCUT2D eigenvalue weighted by Crippen LogP contribution is 2.22. The number of aryl methyl sites for hydroxylation is 1. The number of carbonyl (C=O) groups excluding carboxylic acids is 2. The molecule has 1 aromatic carbocycles. The average molecular weight is 399 g/mol. The van der Waals surface area contributed by atoms with Crippen LogP contribution in [0.5, 0.6) is 0 Å². The van der Waals surface area contributed by atoms with Gasteiger partial charge in [-0.2, -0.15) is 16.3 Å². The molecule has 0 unspecified atom stereocenters. The zero-order chi connectivity index (χ0) is 19.9. The minimum absolute atomic E-state index is 0.00938. The third kappa shape index (κ3) is 5.40. The average Bonchev–Trinajstić information content (AvgIpc) is 3.32. The second-order valence-corrected chi connectivity index (χ2v) is 7.15. The number of anilines is 2. The smallest absolute Gasteiger partial charge is 0.319 e. The normalized spacial score (nSPS) is 10.7. The Morgan fingerprint density at radius 3 is 2.57 bits per heavy atom. The fourth-order valence-corrected chi connectivity index (χ4v) is 3.05. The summed E-state index contributed by atoms with van der Waals surface area (Å²) in [7, 11) is 0. The van der Waals surface area contributed by atoms with Gasteiger partial charge in [-0.25, -0.2) is 4.79 Å². The van der Waals surface area contributed by atoms with Crippen molar-refractivity contribution in [2.75, 3.05) is 10.6 Å². The van der Waals surface area contributed by atoms with E-state index in [2.05, 4.69) is 26.1 Å². The number of hydrogen-bond acceptors (Lipinski definition) is 6. The molecule has 0 radical (unpaired) electrons. The highest BCUT2D eigenvalue weighted by molar-refractivity contribution is 7.08. The molecule has 9 heteroatoms. The summed E-state index contributed by atoms with van der Waals surface area (Å²) in [6, 6.07) is 8.60. The van der Waals surface area contributed by atoms with Crippen molar-refractivity contribution in [3.63, 3.8) is 0 Å². The van der Waals surface area contributed by atoms with Gasteiger partial charge in [0.1, 0.15) is 0 Å². The number of rotatable bonds is 7. The predicted octanol–water partition coefficient (Wildman–Crippen LogP) is 3.90. The van der Waals surface area contributed by atoms with Crippen molar-refractivity contribution in [2.24, 2.45) is 0 Å². The van der Waals surface area contributed by atoms with Crippen LogP contribution in [0.1, 0.15) is 26.2 Å². The van der Waals surface area contributed by atoms with E-state index < -0.39 is 0 Å². The van der Waals surface area contributed by atoms with Crippen molar-refractivity contribution in [1.82, 2.24) is 15.5 Å². The Labute approximate surface area is 166 Å². The minimum atomic E-state index is -0.330. The van der Waals surface area contributed by atoms with Crippen LogP contribution in [0.4, 0.5) is 16.2 Å². The molecular weight excluding hydrogens is 378 g/mol. The predicted molar refractivity (Wildman–Crippen MR) is 108 cm³/mol. The number of hydrogen-bond donors (Lipinski definition) is 3. The molecule has 0 atom stereocenters. The highest BCUT2D eigenvalue weighted by atomic mass is 32.1. The monoisotopic (exact) mass is 399 g/mol. The van der Waals surface area contributed by atoms with Gasteiger partial charge >= 0.3 is 6.03 Å². The Balaban J connectivity index is 1.56. The summed E-state index contributed by atoms with van der Waals surface area (Å²) >= 11 is 1.55. The van der Waals surface area contributed by atoms with E-state index in [4.69, 9.17) is 4.52 Å². The molecule has 0 aliphatic heterocycles. The zero-order valence-electron chi connectivity index (χ0n) is 15.6. The molecule has 2 heterocycles. The van der Waals surface area contributed by atoms with E-state index in [1.54, 1.807) is 35.6 Å². The van der Waals surface area contributed by atoms with Gasteiger partial charge in [0.15, 0.2) is 0 Å². The highest BCUT2D eigenvalue weighted by Gasteiger charge is 2.13. The molecule has 0 fully saturated rings. The van der Waals surface area contributed by atoms with Crippen LogP contribution in [0.2, 0.25) is 0 Å². The van der Waals surface area contributed by atoms with E-state index >= 15 is 0 Å². The van der Waals surface area contributed by atoms with Crippen molar-refractivity contribution >= 4 is 34.6 Å². The number of thiophene rings is 1. The van der Waals surface area contributed by atoms with Gasteiger partial charge < -0.3 is 20.5 Å². The zero-order valence-corrected chi connectivity index (χ0v) is 16.4. The molecule has 28 heavy (non-hydrogen) atoms. The lowest BCUT2D eigenvalue weighted by atomic mass is 10.2. The topological polar surface area (TPSA) is 109 Å². The summed E-state index contributed by atoms with van der Waals surface area (Å²) in [6.45, 7) is 3.74. The maximum Gasteiger partial charge on any atom is 0.319 e. The van der Waals surface area contributed by atoms with Gasteiger partial charge in [-0.3, -0.25) is 4.79 Å². The Morgan fingerprint density at radius 2 is 1.89 bits per heavy atom. The lowest BCUT2D eigenvalue weighted by Crippen LogP contribution is -2.34. The summed E-state index contributed by atoms with van der Waals surface area (Å²) in [5, 5.41) is 16.1. The first-order chi connectivity index (χ1) is 13.5. The second-order valence-electron chi connectivity index (χ2n) is 6.37.